The first-order chi connectivity index (χ1) is 9.43. The fourth-order valence-corrected chi connectivity index (χ4v) is 3.97. The van der Waals surface area contributed by atoms with Gasteiger partial charge >= 0.3 is 0 Å². The first kappa shape index (κ1) is 11.3. The molecule has 2 fully saturated rings. The summed E-state index contributed by atoms with van der Waals surface area (Å²) in [7, 11) is 0. The maximum absolute atomic E-state index is 5.48. The molecule has 1 saturated heterocycles. The molecular formula is C16H20N2O. The van der Waals surface area contributed by atoms with E-state index in [0.717, 1.165) is 23.9 Å². The van der Waals surface area contributed by atoms with Crippen LogP contribution in [0.25, 0.3) is 11.0 Å². The zero-order valence-electron chi connectivity index (χ0n) is 11.2. The van der Waals surface area contributed by atoms with Gasteiger partial charge in [0.25, 0.3) is 0 Å². The number of anilines is 1. The largest absolute Gasteiger partial charge is 0.354 e. The predicted octanol–water partition coefficient (Wildman–Crippen LogP) is 3.99. The summed E-state index contributed by atoms with van der Waals surface area (Å²) in [6.07, 6.45) is 8.24. The summed E-state index contributed by atoms with van der Waals surface area (Å²) in [5.41, 5.74) is 0.912. The van der Waals surface area contributed by atoms with Gasteiger partial charge in [-0.2, -0.15) is 0 Å². The number of aromatic nitrogens is 1. The van der Waals surface area contributed by atoms with Crippen molar-refractivity contribution in [3.05, 3.63) is 24.3 Å². The second kappa shape index (κ2) is 4.55. The number of fused-ring (bicyclic) bond motifs is 1. The van der Waals surface area contributed by atoms with Crippen molar-refractivity contribution < 1.29 is 4.52 Å². The van der Waals surface area contributed by atoms with E-state index in [-0.39, 0.29) is 0 Å². The summed E-state index contributed by atoms with van der Waals surface area (Å²) in [6.45, 7) is 1.14. The fourth-order valence-electron chi connectivity index (χ4n) is 3.97. The summed E-state index contributed by atoms with van der Waals surface area (Å²) in [4.78, 5) is 2.52. The SMILES string of the molecule is c1ccc2c(N3CCC[C@H]3C3CCCC3)noc2c1. The average Bonchev–Trinajstić information content (AvgIpc) is 3.17. The van der Waals surface area contributed by atoms with E-state index in [1.165, 1.54) is 43.9 Å². The number of nitrogens with zero attached hydrogens (tertiary/aromatic N) is 2. The van der Waals surface area contributed by atoms with Gasteiger partial charge < -0.3 is 9.42 Å². The van der Waals surface area contributed by atoms with Gasteiger partial charge in [0, 0.05) is 12.6 Å². The lowest BCUT2D eigenvalue weighted by Gasteiger charge is -2.29. The zero-order chi connectivity index (χ0) is 12.7. The molecule has 2 aromatic rings. The van der Waals surface area contributed by atoms with Crippen LogP contribution in [0.4, 0.5) is 5.82 Å². The Kier molecular flexibility index (Phi) is 2.71. The molecule has 1 aliphatic carbocycles. The Morgan fingerprint density at radius 1 is 1.05 bits per heavy atom. The van der Waals surface area contributed by atoms with Gasteiger partial charge in [-0.3, -0.25) is 0 Å². The smallest absolute Gasteiger partial charge is 0.180 e. The summed E-state index contributed by atoms with van der Waals surface area (Å²) < 4.78 is 5.48. The molecule has 0 unspecified atom stereocenters. The Hall–Kier alpha value is -1.51. The topological polar surface area (TPSA) is 29.3 Å². The van der Waals surface area contributed by atoms with E-state index in [1.54, 1.807) is 0 Å². The second-order valence-corrected chi connectivity index (χ2v) is 5.95. The van der Waals surface area contributed by atoms with E-state index < -0.39 is 0 Å². The maximum Gasteiger partial charge on any atom is 0.180 e. The standard InChI is InChI=1S/C16H20N2O/c1-2-7-12(6-1)14-9-5-11-18(14)16-13-8-3-4-10-15(13)19-17-16/h3-4,8,10,12,14H,1-2,5-7,9,11H2/t14-/m0/s1. The van der Waals surface area contributed by atoms with E-state index in [0.29, 0.717) is 6.04 Å². The number of para-hydroxylation sites is 1. The van der Waals surface area contributed by atoms with E-state index in [2.05, 4.69) is 22.2 Å². The minimum Gasteiger partial charge on any atom is -0.354 e. The summed E-state index contributed by atoms with van der Waals surface area (Å²) >= 11 is 0. The third-order valence-corrected chi connectivity index (χ3v) is 4.87. The third-order valence-electron chi connectivity index (χ3n) is 4.87. The molecule has 19 heavy (non-hydrogen) atoms. The Morgan fingerprint density at radius 3 is 2.79 bits per heavy atom. The highest BCUT2D eigenvalue weighted by molar-refractivity contribution is 5.88. The molecule has 4 rings (SSSR count). The highest BCUT2D eigenvalue weighted by Gasteiger charge is 2.35. The molecule has 3 nitrogen and oxygen atoms in total. The molecule has 3 heteroatoms. The molecule has 1 aliphatic heterocycles. The van der Waals surface area contributed by atoms with Crippen molar-refractivity contribution in [2.45, 2.75) is 44.6 Å². The van der Waals surface area contributed by atoms with Crippen LogP contribution in [0.1, 0.15) is 38.5 Å². The van der Waals surface area contributed by atoms with Crippen LogP contribution in [0.3, 0.4) is 0 Å². The van der Waals surface area contributed by atoms with Gasteiger partial charge in [-0.25, -0.2) is 0 Å². The highest BCUT2D eigenvalue weighted by Crippen LogP contribution is 2.39. The highest BCUT2D eigenvalue weighted by atomic mass is 16.5. The maximum atomic E-state index is 5.48. The Balaban J connectivity index is 1.70. The molecule has 1 aromatic heterocycles. The van der Waals surface area contributed by atoms with E-state index >= 15 is 0 Å². The first-order valence-electron chi connectivity index (χ1n) is 7.54. The molecule has 2 aliphatic rings. The van der Waals surface area contributed by atoms with Crippen molar-refractivity contribution in [3.8, 4) is 0 Å². The minimum atomic E-state index is 0.691. The van der Waals surface area contributed by atoms with Crippen molar-refractivity contribution in [3.63, 3.8) is 0 Å². The molecule has 2 heterocycles. The lowest BCUT2D eigenvalue weighted by Crippen LogP contribution is -2.34. The van der Waals surface area contributed by atoms with Crippen LogP contribution in [0.15, 0.2) is 28.8 Å². The lowest BCUT2D eigenvalue weighted by molar-refractivity contribution is 0.415. The molecule has 100 valence electrons. The summed E-state index contributed by atoms with van der Waals surface area (Å²) in [5, 5.41) is 5.52. The van der Waals surface area contributed by atoms with Crippen molar-refractivity contribution in [1.29, 1.82) is 0 Å². The van der Waals surface area contributed by atoms with Crippen LogP contribution in [0.5, 0.6) is 0 Å². The van der Waals surface area contributed by atoms with Crippen LogP contribution >= 0.6 is 0 Å². The Labute approximate surface area is 113 Å². The van der Waals surface area contributed by atoms with Crippen molar-refractivity contribution in [2.75, 3.05) is 11.4 Å². The molecule has 0 bridgehead atoms. The van der Waals surface area contributed by atoms with Gasteiger partial charge in [0.15, 0.2) is 11.4 Å². The molecule has 0 radical (unpaired) electrons. The van der Waals surface area contributed by atoms with Gasteiger partial charge in [0.2, 0.25) is 0 Å². The molecule has 1 aromatic carbocycles. The molecule has 0 spiro atoms. The molecule has 0 amide bonds. The van der Waals surface area contributed by atoms with E-state index in [1.807, 2.05) is 12.1 Å². The lowest BCUT2D eigenvalue weighted by atomic mass is 9.96. The number of rotatable bonds is 2. The zero-order valence-corrected chi connectivity index (χ0v) is 11.2. The van der Waals surface area contributed by atoms with Crippen LogP contribution < -0.4 is 4.90 Å². The number of hydrogen-bond acceptors (Lipinski definition) is 3. The van der Waals surface area contributed by atoms with Crippen LogP contribution in [0.2, 0.25) is 0 Å². The fraction of sp³-hybridized carbons (Fsp3) is 0.562. The quantitative estimate of drug-likeness (QED) is 0.813. The average molecular weight is 256 g/mol. The molecule has 1 saturated carbocycles. The summed E-state index contributed by atoms with van der Waals surface area (Å²) in [6, 6.07) is 8.91. The van der Waals surface area contributed by atoms with Gasteiger partial charge in [-0.05, 0) is 43.7 Å². The Bertz CT molecular complexity index is 571. The van der Waals surface area contributed by atoms with Gasteiger partial charge in [0.1, 0.15) is 0 Å². The van der Waals surface area contributed by atoms with Crippen LogP contribution in [-0.2, 0) is 0 Å². The van der Waals surface area contributed by atoms with E-state index in [9.17, 15) is 0 Å². The Morgan fingerprint density at radius 2 is 1.89 bits per heavy atom. The van der Waals surface area contributed by atoms with Gasteiger partial charge in [0.05, 0.1) is 5.39 Å². The van der Waals surface area contributed by atoms with E-state index in [4.69, 9.17) is 4.52 Å². The number of benzene rings is 1. The second-order valence-electron chi connectivity index (χ2n) is 5.95. The van der Waals surface area contributed by atoms with Crippen molar-refractivity contribution >= 4 is 16.8 Å². The minimum absolute atomic E-state index is 0.691. The van der Waals surface area contributed by atoms with Crippen LogP contribution in [-0.4, -0.2) is 17.7 Å². The van der Waals surface area contributed by atoms with Gasteiger partial charge in [-0.1, -0.05) is 30.1 Å². The molecule has 1 atom stereocenters. The third kappa shape index (κ3) is 1.83. The molecular weight excluding hydrogens is 236 g/mol. The van der Waals surface area contributed by atoms with Crippen molar-refractivity contribution in [1.82, 2.24) is 5.16 Å². The first-order valence-corrected chi connectivity index (χ1v) is 7.54. The van der Waals surface area contributed by atoms with Crippen LogP contribution in [0, 0.1) is 5.92 Å². The normalized spacial score (nSPS) is 24.6. The predicted molar refractivity (Wildman–Crippen MR) is 76.3 cm³/mol. The van der Waals surface area contributed by atoms with Gasteiger partial charge in [-0.15, -0.1) is 0 Å². The summed E-state index contributed by atoms with van der Waals surface area (Å²) in [5.74, 6) is 1.95. The monoisotopic (exact) mass is 256 g/mol. The number of hydrogen-bond donors (Lipinski definition) is 0. The van der Waals surface area contributed by atoms with Crippen molar-refractivity contribution in [2.24, 2.45) is 5.92 Å². The molecule has 0 N–H and O–H groups in total.